The molecule has 31 heavy (non-hydrogen) atoms. The van der Waals surface area contributed by atoms with E-state index >= 15 is 0 Å². The van der Waals surface area contributed by atoms with E-state index < -0.39 is 17.7 Å². The van der Waals surface area contributed by atoms with Gasteiger partial charge in [0.2, 0.25) is 0 Å². The van der Waals surface area contributed by atoms with E-state index in [1.54, 1.807) is 48.5 Å². The Morgan fingerprint density at radius 1 is 1.16 bits per heavy atom. The average molecular weight is 438 g/mol. The number of aliphatic hydroxyl groups is 1. The van der Waals surface area contributed by atoms with Crippen LogP contribution in [0.1, 0.15) is 29.9 Å². The van der Waals surface area contributed by atoms with Crippen molar-refractivity contribution < 1.29 is 23.8 Å². The maximum Gasteiger partial charge on any atom is 0.300 e. The largest absolute Gasteiger partial charge is 0.507 e. The Balaban J connectivity index is 1.91. The van der Waals surface area contributed by atoms with Gasteiger partial charge in [-0.25, -0.2) is 0 Å². The molecule has 0 bridgehead atoms. The summed E-state index contributed by atoms with van der Waals surface area (Å²) in [6.07, 6.45) is 1.46. The summed E-state index contributed by atoms with van der Waals surface area (Å²) in [5.41, 5.74) is 1.71. The van der Waals surface area contributed by atoms with Crippen molar-refractivity contribution in [2.45, 2.75) is 19.9 Å². The van der Waals surface area contributed by atoms with Crippen LogP contribution in [0.5, 0.6) is 5.75 Å². The van der Waals surface area contributed by atoms with Crippen molar-refractivity contribution in [2.75, 3.05) is 11.5 Å². The second-order valence-electron chi connectivity index (χ2n) is 7.10. The fourth-order valence-corrected chi connectivity index (χ4v) is 3.84. The van der Waals surface area contributed by atoms with Gasteiger partial charge in [-0.1, -0.05) is 23.7 Å². The number of rotatable bonds is 5. The van der Waals surface area contributed by atoms with Gasteiger partial charge in [0, 0.05) is 11.3 Å². The summed E-state index contributed by atoms with van der Waals surface area (Å²) >= 11 is 6.15. The minimum atomic E-state index is -0.914. The summed E-state index contributed by atoms with van der Waals surface area (Å²) in [4.78, 5) is 27.4. The number of carbonyl (C=O) groups is 2. The van der Waals surface area contributed by atoms with Crippen LogP contribution in [0.3, 0.4) is 0 Å². The number of nitrogens with zero attached hydrogens (tertiary/aromatic N) is 1. The summed E-state index contributed by atoms with van der Waals surface area (Å²) < 4.78 is 11.1. The van der Waals surface area contributed by atoms with Crippen molar-refractivity contribution in [3.8, 4) is 5.75 Å². The summed E-state index contributed by atoms with van der Waals surface area (Å²) in [6, 6.07) is 14.3. The molecule has 1 saturated heterocycles. The van der Waals surface area contributed by atoms with E-state index in [9.17, 15) is 14.7 Å². The number of benzene rings is 2. The van der Waals surface area contributed by atoms with Crippen LogP contribution in [0.25, 0.3) is 5.76 Å². The Morgan fingerprint density at radius 3 is 2.65 bits per heavy atom. The van der Waals surface area contributed by atoms with E-state index in [0.717, 1.165) is 5.56 Å². The van der Waals surface area contributed by atoms with Gasteiger partial charge in [0.25, 0.3) is 11.7 Å². The number of ketones is 1. The molecule has 1 aliphatic rings. The number of anilines is 1. The number of Topliss-reactive ketones (excluding diaryl/α,β-unsaturated/α-hetero) is 1. The standard InChI is InChI=1S/C24H20ClNO5/c1-3-30-19-13-15(9-10-17(19)25)22(27)20-21(18-8-5-11-31-18)26(24(29)23(20)28)16-7-4-6-14(2)12-16/h4-13,21,27H,3H2,1-2H3/b22-20-. The molecule has 0 radical (unpaired) electrons. The number of hydrogen-bond donors (Lipinski definition) is 1. The zero-order valence-electron chi connectivity index (χ0n) is 17.0. The number of halogens is 1. The number of furan rings is 1. The highest BCUT2D eigenvalue weighted by atomic mass is 35.5. The molecule has 7 heteroatoms. The number of carbonyl (C=O) groups excluding carboxylic acids is 2. The lowest BCUT2D eigenvalue weighted by Crippen LogP contribution is -2.29. The van der Waals surface area contributed by atoms with Gasteiger partial charge in [-0.05, 0) is 61.9 Å². The molecule has 1 fully saturated rings. The first-order chi connectivity index (χ1) is 14.9. The van der Waals surface area contributed by atoms with E-state index in [4.69, 9.17) is 20.8 Å². The molecular formula is C24H20ClNO5. The molecular weight excluding hydrogens is 418 g/mol. The summed E-state index contributed by atoms with van der Waals surface area (Å²) in [5.74, 6) is -1.13. The zero-order chi connectivity index (χ0) is 22.1. The Labute approximate surface area is 184 Å². The van der Waals surface area contributed by atoms with Crippen molar-refractivity contribution in [3.05, 3.63) is 88.3 Å². The van der Waals surface area contributed by atoms with Crippen molar-refractivity contribution >= 4 is 34.7 Å². The molecule has 1 atom stereocenters. The van der Waals surface area contributed by atoms with Crippen LogP contribution in [-0.2, 0) is 9.59 Å². The third kappa shape index (κ3) is 3.70. The molecule has 2 aromatic carbocycles. The van der Waals surface area contributed by atoms with Gasteiger partial charge < -0.3 is 14.3 Å². The maximum absolute atomic E-state index is 13.1. The van der Waals surface area contributed by atoms with Crippen LogP contribution in [-0.4, -0.2) is 23.4 Å². The Morgan fingerprint density at radius 2 is 1.97 bits per heavy atom. The van der Waals surface area contributed by atoms with Crippen LogP contribution < -0.4 is 9.64 Å². The van der Waals surface area contributed by atoms with Gasteiger partial charge in [-0.3, -0.25) is 14.5 Å². The lowest BCUT2D eigenvalue weighted by Gasteiger charge is -2.23. The highest BCUT2D eigenvalue weighted by molar-refractivity contribution is 6.51. The van der Waals surface area contributed by atoms with E-state index in [1.807, 2.05) is 19.9 Å². The van der Waals surface area contributed by atoms with Gasteiger partial charge in [-0.2, -0.15) is 0 Å². The third-order valence-corrected chi connectivity index (χ3v) is 5.35. The lowest BCUT2D eigenvalue weighted by atomic mass is 9.99. The smallest absolute Gasteiger partial charge is 0.300 e. The van der Waals surface area contributed by atoms with Crippen molar-refractivity contribution in [1.82, 2.24) is 0 Å². The number of hydrogen-bond acceptors (Lipinski definition) is 5. The fraction of sp³-hybridized carbons (Fsp3) is 0.167. The summed E-state index contributed by atoms with van der Waals surface area (Å²) in [6.45, 7) is 4.09. The minimum absolute atomic E-state index is 0.0637. The molecule has 2 heterocycles. The van der Waals surface area contributed by atoms with E-state index in [-0.39, 0.29) is 11.3 Å². The highest BCUT2D eigenvalue weighted by Crippen LogP contribution is 2.43. The topological polar surface area (TPSA) is 80.0 Å². The molecule has 1 aliphatic heterocycles. The Hall–Kier alpha value is -3.51. The Bertz CT molecular complexity index is 1180. The molecule has 1 unspecified atom stereocenters. The fourth-order valence-electron chi connectivity index (χ4n) is 3.66. The molecule has 1 aromatic heterocycles. The molecule has 3 aromatic rings. The molecule has 1 N–H and O–H groups in total. The predicted molar refractivity (Wildman–Crippen MR) is 117 cm³/mol. The monoisotopic (exact) mass is 437 g/mol. The number of aliphatic hydroxyl groups excluding tert-OH is 1. The van der Waals surface area contributed by atoms with Gasteiger partial charge in [0.1, 0.15) is 23.3 Å². The average Bonchev–Trinajstić information content (AvgIpc) is 3.36. The lowest BCUT2D eigenvalue weighted by molar-refractivity contribution is -0.132. The number of aryl methyl sites for hydroxylation is 1. The number of amides is 1. The van der Waals surface area contributed by atoms with Crippen LogP contribution in [0.4, 0.5) is 5.69 Å². The second kappa shape index (κ2) is 8.32. The third-order valence-electron chi connectivity index (χ3n) is 5.04. The second-order valence-corrected chi connectivity index (χ2v) is 7.51. The normalized spacial score (nSPS) is 17.9. The minimum Gasteiger partial charge on any atom is -0.507 e. The first kappa shape index (κ1) is 20.8. The van der Waals surface area contributed by atoms with Gasteiger partial charge in [-0.15, -0.1) is 0 Å². The first-order valence-electron chi connectivity index (χ1n) is 9.76. The van der Waals surface area contributed by atoms with Gasteiger partial charge in [0.15, 0.2) is 0 Å². The SMILES string of the molecule is CCOc1cc(/C(O)=C2/C(=O)C(=O)N(c3cccc(C)c3)C2c2ccco2)ccc1Cl. The molecule has 0 saturated carbocycles. The Kier molecular flexibility index (Phi) is 5.57. The van der Waals surface area contributed by atoms with E-state index in [2.05, 4.69) is 0 Å². The van der Waals surface area contributed by atoms with Crippen LogP contribution in [0.2, 0.25) is 5.02 Å². The van der Waals surface area contributed by atoms with Gasteiger partial charge in [0.05, 0.1) is 23.5 Å². The van der Waals surface area contributed by atoms with Crippen molar-refractivity contribution in [2.24, 2.45) is 0 Å². The predicted octanol–water partition coefficient (Wildman–Crippen LogP) is 5.27. The first-order valence-corrected chi connectivity index (χ1v) is 10.1. The van der Waals surface area contributed by atoms with Crippen molar-refractivity contribution in [3.63, 3.8) is 0 Å². The quantitative estimate of drug-likeness (QED) is 0.334. The molecule has 1 amide bonds. The molecule has 0 aliphatic carbocycles. The molecule has 0 spiro atoms. The van der Waals surface area contributed by atoms with Crippen LogP contribution in [0, 0.1) is 6.92 Å². The number of ether oxygens (including phenoxy) is 1. The van der Waals surface area contributed by atoms with E-state index in [1.165, 1.54) is 11.2 Å². The highest BCUT2D eigenvalue weighted by Gasteiger charge is 2.48. The zero-order valence-corrected chi connectivity index (χ0v) is 17.7. The molecule has 4 rings (SSSR count). The van der Waals surface area contributed by atoms with Crippen LogP contribution in [0.15, 0.2) is 70.9 Å². The van der Waals surface area contributed by atoms with E-state index in [0.29, 0.717) is 34.4 Å². The molecule has 6 nitrogen and oxygen atoms in total. The summed E-state index contributed by atoms with van der Waals surface area (Å²) in [5, 5.41) is 11.5. The van der Waals surface area contributed by atoms with Gasteiger partial charge >= 0.3 is 0 Å². The maximum atomic E-state index is 13.1. The van der Waals surface area contributed by atoms with Crippen LogP contribution >= 0.6 is 11.6 Å². The molecule has 158 valence electrons. The summed E-state index contributed by atoms with van der Waals surface area (Å²) in [7, 11) is 0. The van der Waals surface area contributed by atoms with Crippen molar-refractivity contribution in [1.29, 1.82) is 0 Å².